The SMILES string of the molecule is N#CC[C@]1(n2cc(-c3ncnc4[nH]ccc34)cn2)C[C@H](N2CCC(Oc3cc(CNC4CCOCC4)cc(C(F)(F)F)n3)CC2)C1. The van der Waals surface area contributed by atoms with Crippen molar-refractivity contribution in [2.75, 3.05) is 26.3 Å². The van der Waals surface area contributed by atoms with Gasteiger partial charge >= 0.3 is 6.18 Å². The lowest BCUT2D eigenvalue weighted by Gasteiger charge is -2.52. The zero-order chi connectivity index (χ0) is 31.7. The van der Waals surface area contributed by atoms with Crippen molar-refractivity contribution in [3.05, 3.63) is 54.4 Å². The first-order chi connectivity index (χ1) is 22.3. The number of aromatic nitrogens is 6. The van der Waals surface area contributed by atoms with Crippen LogP contribution in [0.3, 0.4) is 0 Å². The van der Waals surface area contributed by atoms with E-state index in [0.29, 0.717) is 44.6 Å². The first kappa shape index (κ1) is 30.6. The van der Waals surface area contributed by atoms with Gasteiger partial charge in [-0.1, -0.05) is 0 Å². The number of ether oxygens (including phenoxy) is 2. The number of halogens is 3. The monoisotopic (exact) mass is 635 g/mol. The second kappa shape index (κ2) is 12.6. The Bertz CT molecular complexity index is 1690. The minimum absolute atomic E-state index is 0.0174. The minimum Gasteiger partial charge on any atom is -0.474 e. The lowest BCUT2D eigenvalue weighted by Crippen LogP contribution is -2.58. The van der Waals surface area contributed by atoms with E-state index in [0.717, 1.165) is 67.1 Å². The number of nitrogens with one attached hydrogen (secondary N) is 2. The van der Waals surface area contributed by atoms with Crippen LogP contribution in [0.15, 0.2) is 43.1 Å². The maximum Gasteiger partial charge on any atom is 0.433 e. The number of nitrogens with zero attached hydrogens (tertiary/aromatic N) is 7. The van der Waals surface area contributed by atoms with Crippen molar-refractivity contribution in [1.82, 2.24) is 39.9 Å². The third kappa shape index (κ3) is 6.31. The predicted molar refractivity (Wildman–Crippen MR) is 161 cm³/mol. The fraction of sp³-hybridized carbons (Fsp3) is 0.531. The lowest BCUT2D eigenvalue weighted by atomic mass is 9.69. The van der Waals surface area contributed by atoms with E-state index in [1.54, 1.807) is 12.3 Å². The summed E-state index contributed by atoms with van der Waals surface area (Å²) in [6.45, 7) is 3.13. The van der Waals surface area contributed by atoms with Crippen molar-refractivity contribution in [2.24, 2.45) is 0 Å². The molecule has 1 saturated carbocycles. The van der Waals surface area contributed by atoms with E-state index in [2.05, 4.69) is 41.3 Å². The van der Waals surface area contributed by atoms with Crippen molar-refractivity contribution < 1.29 is 22.6 Å². The maximum absolute atomic E-state index is 13.7. The lowest BCUT2D eigenvalue weighted by molar-refractivity contribution is -0.141. The fourth-order valence-corrected chi connectivity index (χ4v) is 7.00. The summed E-state index contributed by atoms with van der Waals surface area (Å²) in [7, 11) is 0. The summed E-state index contributed by atoms with van der Waals surface area (Å²) in [5.74, 6) is 0.0174. The average molecular weight is 636 g/mol. The van der Waals surface area contributed by atoms with Gasteiger partial charge in [0.2, 0.25) is 5.88 Å². The average Bonchev–Trinajstić information content (AvgIpc) is 3.73. The molecule has 2 aliphatic heterocycles. The number of H-pyrrole nitrogens is 1. The number of nitriles is 1. The molecule has 11 nitrogen and oxygen atoms in total. The van der Waals surface area contributed by atoms with E-state index in [1.807, 2.05) is 23.1 Å². The normalized spacial score (nSPS) is 23.3. The summed E-state index contributed by atoms with van der Waals surface area (Å²) < 4.78 is 54.4. The highest BCUT2D eigenvalue weighted by Crippen LogP contribution is 2.45. The fourth-order valence-electron chi connectivity index (χ4n) is 7.00. The minimum atomic E-state index is -4.56. The molecule has 4 aromatic heterocycles. The Morgan fingerprint density at radius 2 is 1.93 bits per heavy atom. The Labute approximate surface area is 264 Å². The zero-order valence-corrected chi connectivity index (χ0v) is 25.3. The molecule has 0 unspecified atom stereocenters. The van der Waals surface area contributed by atoms with Crippen LogP contribution in [0, 0.1) is 11.3 Å². The van der Waals surface area contributed by atoms with Gasteiger partial charge in [-0.2, -0.15) is 23.5 Å². The summed E-state index contributed by atoms with van der Waals surface area (Å²) in [6, 6.07) is 7.52. The number of rotatable bonds is 9. The number of aromatic amines is 1. The van der Waals surface area contributed by atoms with Crippen LogP contribution >= 0.6 is 0 Å². The summed E-state index contributed by atoms with van der Waals surface area (Å²) in [6.07, 6.45) is 7.28. The molecule has 4 aromatic rings. The number of fused-ring (bicyclic) bond motifs is 1. The van der Waals surface area contributed by atoms with Gasteiger partial charge in [-0.05, 0) is 56.2 Å². The molecule has 0 bridgehead atoms. The number of likely N-dealkylation sites (tertiary alicyclic amines) is 1. The van der Waals surface area contributed by atoms with Gasteiger partial charge in [0.25, 0.3) is 0 Å². The van der Waals surface area contributed by atoms with E-state index in [4.69, 9.17) is 9.47 Å². The molecular formula is C32H36F3N9O2. The van der Waals surface area contributed by atoms with E-state index >= 15 is 0 Å². The summed E-state index contributed by atoms with van der Waals surface area (Å²) in [5.41, 5.74) is 1.59. The molecule has 7 rings (SSSR count). The molecule has 0 amide bonds. The van der Waals surface area contributed by atoms with Crippen LogP contribution in [0.25, 0.3) is 22.3 Å². The molecule has 3 fully saturated rings. The van der Waals surface area contributed by atoms with Gasteiger partial charge in [-0.25, -0.2) is 15.0 Å². The van der Waals surface area contributed by atoms with Gasteiger partial charge in [-0.15, -0.1) is 0 Å². The number of alkyl halides is 3. The molecule has 1 aliphatic carbocycles. The standard InChI is InChI=1S/C32H36F3N9O2/c33-32(34,35)27-13-21(17-38-23-4-11-45-12-5-23)14-28(42-27)46-25-2-9-43(10-3-25)24-15-31(16-24,6-7-36)44-19-22(18-41-44)29-26-1-8-37-30(26)40-20-39-29/h1,8,13-14,18-20,23-25,38H,2-6,9-12,15-17H2,(H,37,39,40)/t24-,31-. The van der Waals surface area contributed by atoms with Crippen molar-refractivity contribution in [3.63, 3.8) is 0 Å². The van der Waals surface area contributed by atoms with Gasteiger partial charge in [0.05, 0.1) is 29.9 Å². The van der Waals surface area contributed by atoms with Crippen molar-refractivity contribution >= 4 is 11.0 Å². The molecule has 242 valence electrons. The smallest absolute Gasteiger partial charge is 0.433 e. The van der Waals surface area contributed by atoms with Gasteiger partial charge in [0.15, 0.2) is 0 Å². The van der Waals surface area contributed by atoms with Crippen LogP contribution in [0.1, 0.15) is 56.2 Å². The maximum atomic E-state index is 13.7. The third-order valence-corrected chi connectivity index (χ3v) is 9.58. The molecule has 2 N–H and O–H groups in total. The van der Waals surface area contributed by atoms with Crippen molar-refractivity contribution in [3.8, 4) is 23.2 Å². The van der Waals surface area contributed by atoms with Crippen LogP contribution in [0.2, 0.25) is 0 Å². The molecule has 0 aromatic carbocycles. The molecule has 0 spiro atoms. The van der Waals surface area contributed by atoms with Crippen molar-refractivity contribution in [2.45, 2.75) is 81.4 Å². The Kier molecular flexibility index (Phi) is 8.39. The molecule has 46 heavy (non-hydrogen) atoms. The summed E-state index contributed by atoms with van der Waals surface area (Å²) >= 11 is 0. The second-order valence-electron chi connectivity index (χ2n) is 12.6. The van der Waals surface area contributed by atoms with Crippen LogP contribution in [0.4, 0.5) is 13.2 Å². The van der Waals surface area contributed by atoms with E-state index in [1.165, 1.54) is 6.33 Å². The molecule has 0 atom stereocenters. The number of piperidine rings is 1. The molecule has 6 heterocycles. The van der Waals surface area contributed by atoms with Crippen LogP contribution in [-0.4, -0.2) is 79.1 Å². The van der Waals surface area contributed by atoms with Gasteiger partial charge in [0, 0.05) is 74.3 Å². The molecule has 0 radical (unpaired) electrons. The Balaban J connectivity index is 0.967. The zero-order valence-electron chi connectivity index (χ0n) is 25.3. The highest BCUT2D eigenvalue weighted by atomic mass is 19.4. The van der Waals surface area contributed by atoms with Crippen LogP contribution in [-0.2, 0) is 23.0 Å². The Hall–Kier alpha value is -4.06. The van der Waals surface area contributed by atoms with E-state index < -0.39 is 17.4 Å². The Morgan fingerprint density at radius 3 is 2.70 bits per heavy atom. The van der Waals surface area contributed by atoms with E-state index in [-0.39, 0.29) is 24.1 Å². The summed E-state index contributed by atoms with van der Waals surface area (Å²) in [4.78, 5) is 18.1. The summed E-state index contributed by atoms with van der Waals surface area (Å²) in [5, 5.41) is 18.6. The largest absolute Gasteiger partial charge is 0.474 e. The molecule has 3 aliphatic rings. The van der Waals surface area contributed by atoms with Crippen LogP contribution < -0.4 is 10.1 Å². The molecule has 14 heteroatoms. The van der Waals surface area contributed by atoms with Crippen LogP contribution in [0.5, 0.6) is 5.88 Å². The second-order valence-corrected chi connectivity index (χ2v) is 12.6. The molecule has 2 saturated heterocycles. The highest BCUT2D eigenvalue weighted by molar-refractivity contribution is 5.90. The van der Waals surface area contributed by atoms with Gasteiger partial charge < -0.3 is 19.8 Å². The van der Waals surface area contributed by atoms with Gasteiger partial charge in [-0.3, -0.25) is 9.58 Å². The number of hydrogen-bond donors (Lipinski definition) is 2. The number of hydrogen-bond acceptors (Lipinski definition) is 9. The predicted octanol–water partition coefficient (Wildman–Crippen LogP) is 4.82. The first-order valence-corrected chi connectivity index (χ1v) is 15.8. The quantitative estimate of drug-likeness (QED) is 0.266. The topological polar surface area (TPSA) is 130 Å². The first-order valence-electron chi connectivity index (χ1n) is 15.8. The number of pyridine rings is 1. The third-order valence-electron chi connectivity index (χ3n) is 9.58. The Morgan fingerprint density at radius 1 is 1.13 bits per heavy atom. The van der Waals surface area contributed by atoms with Crippen molar-refractivity contribution in [1.29, 1.82) is 5.26 Å². The van der Waals surface area contributed by atoms with Gasteiger partial charge in [0.1, 0.15) is 23.8 Å². The molecular weight excluding hydrogens is 599 g/mol. The highest BCUT2D eigenvalue weighted by Gasteiger charge is 2.49. The van der Waals surface area contributed by atoms with E-state index in [9.17, 15) is 18.4 Å².